The van der Waals surface area contributed by atoms with Crippen LogP contribution >= 0.6 is 23.2 Å². The van der Waals surface area contributed by atoms with Crippen molar-refractivity contribution in [1.29, 1.82) is 0 Å². The predicted octanol–water partition coefficient (Wildman–Crippen LogP) is 3.60. The molecule has 1 atom stereocenters. The zero-order valence-electron chi connectivity index (χ0n) is 17.3. The van der Waals surface area contributed by atoms with E-state index in [2.05, 4.69) is 10.1 Å². The van der Waals surface area contributed by atoms with E-state index in [1.54, 1.807) is 6.07 Å². The first kappa shape index (κ1) is 22.6. The fraction of sp³-hybridized carbons (Fsp3) is 0.333. The van der Waals surface area contributed by atoms with Gasteiger partial charge in [-0.1, -0.05) is 23.2 Å². The molecule has 0 amide bonds. The second-order valence-electron chi connectivity index (χ2n) is 8.63. The van der Waals surface area contributed by atoms with E-state index >= 15 is 0 Å². The van der Waals surface area contributed by atoms with Gasteiger partial charge in [0.1, 0.15) is 11.9 Å². The van der Waals surface area contributed by atoms with Crippen molar-refractivity contribution in [2.75, 3.05) is 5.84 Å². The molecule has 5 rings (SSSR count). The highest BCUT2D eigenvalue weighted by Gasteiger charge is 2.64. The summed E-state index contributed by atoms with van der Waals surface area (Å²) >= 11 is 12.7. The zero-order chi connectivity index (χ0) is 24.4. The summed E-state index contributed by atoms with van der Waals surface area (Å²) in [6, 6.07) is 4.23. The third kappa shape index (κ3) is 3.59. The van der Waals surface area contributed by atoms with E-state index < -0.39 is 22.6 Å². The maximum absolute atomic E-state index is 13.5. The van der Waals surface area contributed by atoms with Crippen molar-refractivity contribution >= 4 is 23.2 Å². The third-order valence-electron chi connectivity index (χ3n) is 6.49. The van der Waals surface area contributed by atoms with Crippen LogP contribution in [0, 0.1) is 5.41 Å². The fourth-order valence-corrected chi connectivity index (χ4v) is 5.38. The Labute approximate surface area is 200 Å². The highest BCUT2D eigenvalue weighted by molar-refractivity contribution is 6.37. The molecule has 3 N–H and O–H groups in total. The molecule has 0 radical (unpaired) electrons. The van der Waals surface area contributed by atoms with Gasteiger partial charge in [0, 0.05) is 18.4 Å². The molecule has 1 aromatic carbocycles. The molecular formula is C21H17Cl2F2N5O4. The molecular weight excluding hydrogens is 495 g/mol. The fourth-order valence-electron chi connectivity index (χ4n) is 4.83. The largest absolute Gasteiger partial charge is 0.493 e. The van der Waals surface area contributed by atoms with Crippen molar-refractivity contribution in [2.45, 2.75) is 37.5 Å². The van der Waals surface area contributed by atoms with Crippen LogP contribution in [-0.2, 0) is 0 Å². The van der Waals surface area contributed by atoms with Crippen molar-refractivity contribution in [3.05, 3.63) is 67.0 Å². The summed E-state index contributed by atoms with van der Waals surface area (Å²) in [6.45, 7) is 0. The summed E-state index contributed by atoms with van der Waals surface area (Å²) in [7, 11) is 0. The van der Waals surface area contributed by atoms with Crippen molar-refractivity contribution in [1.82, 2.24) is 19.4 Å². The van der Waals surface area contributed by atoms with Gasteiger partial charge in [0.2, 0.25) is 11.8 Å². The number of pyridine rings is 1. The lowest BCUT2D eigenvalue weighted by atomic mass is 9.47. The van der Waals surface area contributed by atoms with E-state index in [-0.39, 0.29) is 51.9 Å². The number of aromatic hydroxyl groups is 1. The van der Waals surface area contributed by atoms with Gasteiger partial charge in [-0.15, -0.1) is 0 Å². The topological polar surface area (TPSA) is 125 Å². The van der Waals surface area contributed by atoms with Gasteiger partial charge < -0.3 is 15.7 Å². The Morgan fingerprint density at radius 1 is 1.15 bits per heavy atom. The average molecular weight is 512 g/mol. The van der Waals surface area contributed by atoms with Crippen LogP contribution in [0.5, 0.6) is 17.4 Å². The van der Waals surface area contributed by atoms with Crippen LogP contribution in [0.25, 0.3) is 5.69 Å². The number of nitrogens with two attached hydrogens (primary N) is 1. The second-order valence-corrected chi connectivity index (χ2v) is 9.45. The summed E-state index contributed by atoms with van der Waals surface area (Å²) < 4.78 is 34.1. The molecule has 1 unspecified atom stereocenters. The van der Waals surface area contributed by atoms with Crippen LogP contribution < -0.4 is 21.8 Å². The number of alkyl halides is 2. The Kier molecular flexibility index (Phi) is 5.10. The lowest BCUT2D eigenvalue weighted by molar-refractivity contribution is -0.201. The molecule has 178 valence electrons. The number of rotatable bonds is 4. The van der Waals surface area contributed by atoms with E-state index in [9.17, 15) is 23.5 Å². The number of hydrogen-bond acceptors (Lipinski definition) is 7. The van der Waals surface area contributed by atoms with E-state index in [1.807, 2.05) is 0 Å². The van der Waals surface area contributed by atoms with Crippen molar-refractivity contribution in [3.63, 3.8) is 0 Å². The maximum Gasteiger partial charge on any atom is 0.370 e. The molecule has 2 saturated carbocycles. The molecule has 2 aliphatic carbocycles. The van der Waals surface area contributed by atoms with Gasteiger partial charge in [0.15, 0.2) is 5.75 Å². The monoisotopic (exact) mass is 511 g/mol. The minimum absolute atomic E-state index is 0.0133. The number of ether oxygens (including phenoxy) is 1. The average Bonchev–Trinajstić information content (AvgIpc) is 2.74. The Balaban J connectivity index is 1.45. The molecule has 0 aliphatic heterocycles. The van der Waals surface area contributed by atoms with Crippen LogP contribution in [0.2, 0.25) is 10.0 Å². The summed E-state index contributed by atoms with van der Waals surface area (Å²) in [5.41, 5.74) is -1.65. The lowest BCUT2D eigenvalue weighted by Gasteiger charge is -2.59. The maximum atomic E-state index is 13.5. The third-order valence-corrected chi connectivity index (χ3v) is 7.05. The highest BCUT2D eigenvalue weighted by atomic mass is 35.5. The summed E-state index contributed by atoms with van der Waals surface area (Å²) in [6.07, 6.45) is 3.03. The van der Waals surface area contributed by atoms with Gasteiger partial charge >= 0.3 is 5.69 Å². The number of hydrogen-bond donors (Lipinski definition) is 2. The van der Waals surface area contributed by atoms with Crippen LogP contribution in [0.3, 0.4) is 0 Å². The summed E-state index contributed by atoms with van der Waals surface area (Å²) in [5.74, 6) is 2.49. The van der Waals surface area contributed by atoms with E-state index in [4.69, 9.17) is 33.8 Å². The molecule has 13 heteroatoms. The van der Waals surface area contributed by atoms with Crippen molar-refractivity contribution in [3.8, 4) is 23.1 Å². The molecule has 9 nitrogen and oxygen atoms in total. The number of nitrogens with zero attached hydrogens (tertiary/aromatic N) is 4. The Morgan fingerprint density at radius 3 is 2.41 bits per heavy atom. The highest BCUT2D eigenvalue weighted by Crippen LogP contribution is 2.69. The molecule has 2 aliphatic rings. The SMILES string of the molecule is Nn1c(=O)cnn(-c2cc(Cl)c(Oc3cnc(O)c(C4CCC45CC(F)(F)C5)c3)c(Cl)c2)c1=O. The summed E-state index contributed by atoms with van der Waals surface area (Å²) in [4.78, 5) is 27.6. The number of aromatic nitrogens is 4. The minimum Gasteiger partial charge on any atom is -0.493 e. The lowest BCUT2D eigenvalue weighted by Crippen LogP contribution is -2.54. The Hall–Kier alpha value is -3.18. The standard InChI is InChI=1S/C21H17Cl2F2N5O4/c22-14-3-10(30-19(33)29(26)16(31)7-28-30)4-15(23)17(14)34-11-5-12(18(32)27-6-11)13-1-2-20(13)8-21(24,25)9-20/h3-7,13H,1-2,8-9,26H2,(H,27,32). The van der Waals surface area contributed by atoms with Gasteiger partial charge in [0.05, 0.1) is 21.9 Å². The van der Waals surface area contributed by atoms with Crippen LogP contribution in [0.1, 0.15) is 37.2 Å². The molecule has 0 saturated heterocycles. The van der Waals surface area contributed by atoms with E-state index in [0.717, 1.165) is 10.9 Å². The van der Waals surface area contributed by atoms with E-state index in [1.165, 1.54) is 18.3 Å². The summed E-state index contributed by atoms with van der Waals surface area (Å²) in [5, 5.41) is 14.0. The van der Waals surface area contributed by atoms with Gasteiger partial charge in [0.25, 0.3) is 5.56 Å². The van der Waals surface area contributed by atoms with Gasteiger partial charge in [-0.05, 0) is 42.4 Å². The molecule has 0 bridgehead atoms. The Bertz CT molecular complexity index is 1410. The van der Waals surface area contributed by atoms with Crippen LogP contribution in [0.15, 0.2) is 40.2 Å². The molecule has 2 aromatic heterocycles. The Morgan fingerprint density at radius 2 is 1.82 bits per heavy atom. The van der Waals surface area contributed by atoms with Crippen LogP contribution in [-0.4, -0.2) is 30.5 Å². The van der Waals surface area contributed by atoms with Gasteiger partial charge in [-0.25, -0.2) is 18.6 Å². The predicted molar refractivity (Wildman–Crippen MR) is 119 cm³/mol. The van der Waals surface area contributed by atoms with Crippen LogP contribution in [0.4, 0.5) is 8.78 Å². The second kappa shape index (κ2) is 7.67. The van der Waals surface area contributed by atoms with Crippen molar-refractivity contribution in [2.24, 2.45) is 5.41 Å². The van der Waals surface area contributed by atoms with E-state index in [0.29, 0.717) is 23.1 Å². The smallest absolute Gasteiger partial charge is 0.370 e. The normalized spacial score (nSPS) is 19.9. The van der Waals surface area contributed by atoms with Crippen molar-refractivity contribution < 1.29 is 18.6 Å². The number of halogens is 4. The zero-order valence-corrected chi connectivity index (χ0v) is 18.9. The van der Waals surface area contributed by atoms with Gasteiger partial charge in [-0.2, -0.15) is 14.5 Å². The molecule has 2 fully saturated rings. The quantitative estimate of drug-likeness (QED) is 0.512. The first-order chi connectivity index (χ1) is 16.0. The molecule has 1 spiro atoms. The first-order valence-electron chi connectivity index (χ1n) is 10.2. The number of nitrogen functional groups attached to an aromatic ring is 1. The molecule has 2 heterocycles. The van der Waals surface area contributed by atoms with Gasteiger partial charge in [-0.3, -0.25) is 4.79 Å². The molecule has 34 heavy (non-hydrogen) atoms. The first-order valence-corrected chi connectivity index (χ1v) is 11.0. The molecule has 3 aromatic rings. The number of benzene rings is 1. The minimum atomic E-state index is -2.67.